The highest BCUT2D eigenvalue weighted by atomic mass is 31.1. The summed E-state index contributed by atoms with van der Waals surface area (Å²) in [4.78, 5) is 8.23. The van der Waals surface area contributed by atoms with Gasteiger partial charge in [-0.05, 0) is 4.57 Å². The highest BCUT2D eigenvalue weighted by Crippen LogP contribution is 2.16. The van der Waals surface area contributed by atoms with Crippen LogP contribution in [-0.4, -0.2) is 11.1 Å². The van der Waals surface area contributed by atoms with Crippen LogP contribution in [0, 0.1) is 5.92 Å². The van der Waals surface area contributed by atoms with E-state index in [1.165, 1.54) is 0 Å². The summed E-state index contributed by atoms with van der Waals surface area (Å²) in [6.45, 7) is 3.84. The van der Waals surface area contributed by atoms with Crippen LogP contribution in [0.1, 0.15) is 13.8 Å². The fourth-order valence-electron chi connectivity index (χ4n) is 0.312. The fraction of sp³-hybridized carbons (Fsp3) is 1.00. The first-order valence-electron chi connectivity index (χ1n) is 2.26. The molecule has 0 radical (unpaired) electrons. The minimum absolute atomic E-state index is 0. The van der Waals surface area contributed by atoms with E-state index in [1.54, 1.807) is 0 Å². The van der Waals surface area contributed by atoms with Gasteiger partial charge in [0.05, 0.1) is 0 Å². The van der Waals surface area contributed by atoms with Crippen molar-refractivity contribution in [3.05, 3.63) is 0 Å². The van der Waals surface area contributed by atoms with Crippen LogP contribution < -0.4 is 6.15 Å². The Balaban J connectivity index is 0. The lowest BCUT2D eigenvalue weighted by Crippen LogP contribution is -1.88. The summed E-state index contributed by atoms with van der Waals surface area (Å²) in [5, 5.41) is 0. The number of hydrogen-bond donors (Lipinski definition) is 2. The summed E-state index contributed by atoms with van der Waals surface area (Å²) in [5.41, 5.74) is 0. The van der Waals surface area contributed by atoms with E-state index in [-0.39, 0.29) is 6.15 Å². The topological polar surface area (TPSA) is 72.3 Å². The van der Waals surface area contributed by atoms with E-state index in [0.29, 0.717) is 12.1 Å². The van der Waals surface area contributed by atoms with Crippen molar-refractivity contribution >= 4 is 8.03 Å². The first kappa shape index (κ1) is 10.9. The third kappa shape index (κ3) is 9.39. The summed E-state index contributed by atoms with van der Waals surface area (Å²) in [6.07, 6.45) is 0.426. The van der Waals surface area contributed by atoms with E-state index in [0.717, 1.165) is 0 Å². The van der Waals surface area contributed by atoms with Gasteiger partial charge in [0.1, 0.15) is 0 Å². The monoisotopic (exact) mass is 138 g/mol. The summed E-state index contributed by atoms with van der Waals surface area (Å²) < 4.78 is 9.96. The van der Waals surface area contributed by atoms with Crippen molar-refractivity contribution in [1.29, 1.82) is 0 Å². The van der Waals surface area contributed by atoms with Gasteiger partial charge < -0.3 is 6.15 Å². The molecule has 0 fully saturated rings. The van der Waals surface area contributed by atoms with Crippen LogP contribution in [0.3, 0.4) is 0 Å². The average molecular weight is 138 g/mol. The molecule has 1 atom stereocenters. The lowest BCUT2D eigenvalue weighted by molar-refractivity contribution is 0.494. The molecule has 50 valence electrons. The van der Waals surface area contributed by atoms with Gasteiger partial charge in [0.25, 0.3) is 0 Å². The second-order valence-corrected chi connectivity index (χ2v) is 3.00. The quantitative estimate of drug-likeness (QED) is 0.568. The van der Waals surface area contributed by atoms with E-state index in [1.807, 2.05) is 13.8 Å². The Morgan fingerprint density at radius 2 is 2.00 bits per heavy atom. The summed E-state index contributed by atoms with van der Waals surface area (Å²) in [7, 11) is -1.89. The summed E-state index contributed by atoms with van der Waals surface area (Å²) >= 11 is 0. The van der Waals surface area contributed by atoms with Crippen LogP contribution in [0.4, 0.5) is 0 Å². The molecule has 0 aliphatic carbocycles. The maximum Gasteiger partial charge on any atom is 0.505 e. The Kier molecular flexibility index (Phi) is 7.04. The van der Waals surface area contributed by atoms with Crippen molar-refractivity contribution in [2.45, 2.75) is 13.8 Å². The van der Waals surface area contributed by atoms with Crippen LogP contribution >= 0.6 is 8.03 Å². The molecule has 0 amide bonds. The highest BCUT2D eigenvalue weighted by molar-refractivity contribution is 7.37. The molecular weight excluding hydrogens is 125 g/mol. The van der Waals surface area contributed by atoms with Gasteiger partial charge in [0, 0.05) is 5.92 Å². The highest BCUT2D eigenvalue weighted by Gasteiger charge is 2.11. The minimum Gasteiger partial charge on any atom is -0.344 e. The molecule has 0 rings (SSSR count). The zero-order valence-electron chi connectivity index (χ0n) is 5.29. The third-order valence-electron chi connectivity index (χ3n) is 0.521. The van der Waals surface area contributed by atoms with Crippen molar-refractivity contribution < 1.29 is 9.46 Å². The first-order valence-corrected chi connectivity index (χ1v) is 3.66. The van der Waals surface area contributed by atoms with E-state index < -0.39 is 8.03 Å². The zero-order chi connectivity index (χ0) is 5.86. The molecule has 3 nitrogen and oxygen atoms in total. The van der Waals surface area contributed by atoms with Gasteiger partial charge >= 0.3 is 8.03 Å². The van der Waals surface area contributed by atoms with Gasteiger partial charge in [-0.25, -0.2) is 0 Å². The summed E-state index contributed by atoms with van der Waals surface area (Å²) in [6, 6.07) is 0. The van der Waals surface area contributed by atoms with Gasteiger partial charge in [0.2, 0.25) is 0 Å². The Morgan fingerprint density at radius 1 is 1.62 bits per heavy atom. The SMILES string of the molecule is CC(C)C[P+](=O)O.N. The van der Waals surface area contributed by atoms with E-state index in [9.17, 15) is 4.57 Å². The van der Waals surface area contributed by atoms with Gasteiger partial charge in [-0.3, -0.25) is 0 Å². The Morgan fingerprint density at radius 3 is 2.00 bits per heavy atom. The molecule has 0 aromatic heterocycles. The van der Waals surface area contributed by atoms with Crippen LogP contribution in [-0.2, 0) is 4.57 Å². The largest absolute Gasteiger partial charge is 0.505 e. The van der Waals surface area contributed by atoms with Gasteiger partial charge in [-0.1, -0.05) is 13.8 Å². The lowest BCUT2D eigenvalue weighted by atomic mass is 10.3. The predicted molar refractivity (Wildman–Crippen MR) is 34.6 cm³/mol. The van der Waals surface area contributed by atoms with Crippen molar-refractivity contribution in [3.63, 3.8) is 0 Å². The molecule has 0 aromatic carbocycles. The minimum atomic E-state index is -1.89. The molecule has 0 saturated heterocycles. The fourth-order valence-corrected chi connectivity index (χ4v) is 0.937. The van der Waals surface area contributed by atoms with Crippen LogP contribution in [0.2, 0.25) is 0 Å². The average Bonchev–Trinajstić information content (AvgIpc) is 1.27. The summed E-state index contributed by atoms with van der Waals surface area (Å²) in [5.74, 6) is 0.341. The van der Waals surface area contributed by atoms with E-state index >= 15 is 0 Å². The smallest absolute Gasteiger partial charge is 0.344 e. The second kappa shape index (κ2) is 5.16. The van der Waals surface area contributed by atoms with Crippen molar-refractivity contribution in [1.82, 2.24) is 6.15 Å². The molecule has 0 saturated carbocycles. The van der Waals surface area contributed by atoms with Crippen molar-refractivity contribution in [2.75, 3.05) is 6.16 Å². The predicted octanol–water partition coefficient (Wildman–Crippen LogP) is 1.54. The van der Waals surface area contributed by atoms with Gasteiger partial charge in [0.15, 0.2) is 6.16 Å². The molecule has 4 heteroatoms. The van der Waals surface area contributed by atoms with E-state index in [4.69, 9.17) is 4.89 Å². The maximum absolute atomic E-state index is 9.96. The molecule has 0 heterocycles. The van der Waals surface area contributed by atoms with Crippen LogP contribution in [0.5, 0.6) is 0 Å². The lowest BCUT2D eigenvalue weighted by Gasteiger charge is -1.85. The number of hydrogen-bond acceptors (Lipinski definition) is 2. The third-order valence-corrected chi connectivity index (χ3v) is 1.56. The Labute approximate surface area is 50.6 Å². The normalized spacial score (nSPS) is 10.8. The van der Waals surface area contributed by atoms with Crippen molar-refractivity contribution in [2.24, 2.45) is 5.92 Å². The molecule has 0 aliphatic rings. The van der Waals surface area contributed by atoms with Crippen LogP contribution in [0.25, 0.3) is 0 Å². The van der Waals surface area contributed by atoms with E-state index in [2.05, 4.69) is 0 Å². The Bertz CT molecular complexity index is 74.4. The maximum atomic E-state index is 9.96. The van der Waals surface area contributed by atoms with Gasteiger partial charge in [-0.2, -0.15) is 4.89 Å². The Hall–Kier alpha value is 0.0200. The molecule has 0 spiro atoms. The molecule has 8 heavy (non-hydrogen) atoms. The van der Waals surface area contributed by atoms with Crippen LogP contribution in [0.15, 0.2) is 0 Å². The molecule has 1 unspecified atom stereocenters. The molecule has 0 aromatic rings. The molecule has 0 bridgehead atoms. The molecule has 4 N–H and O–H groups in total. The van der Waals surface area contributed by atoms with Gasteiger partial charge in [-0.15, -0.1) is 0 Å². The second-order valence-electron chi connectivity index (χ2n) is 1.93. The molecule has 0 aliphatic heterocycles. The standard InChI is InChI=1S/C4H9O2P.H3N/c1-4(2)3-7(5)6;/h4H,3H2,1-2H3;1H3/p+1. The zero-order valence-corrected chi connectivity index (χ0v) is 6.19. The van der Waals surface area contributed by atoms with Crippen molar-refractivity contribution in [3.8, 4) is 0 Å². The number of rotatable bonds is 2. The first-order chi connectivity index (χ1) is 3.13. The molecular formula is C4H13NO2P+.